The Morgan fingerprint density at radius 2 is 2.00 bits per heavy atom. The van der Waals surface area contributed by atoms with Crippen LogP contribution in [0.25, 0.3) is 16.9 Å². The van der Waals surface area contributed by atoms with E-state index in [9.17, 15) is 4.79 Å². The molecule has 2 heterocycles. The van der Waals surface area contributed by atoms with E-state index < -0.39 is 5.91 Å². The van der Waals surface area contributed by atoms with Crippen molar-refractivity contribution in [2.45, 2.75) is 6.61 Å². The van der Waals surface area contributed by atoms with Gasteiger partial charge < -0.3 is 20.5 Å². The minimum Gasteiger partial charge on any atom is -0.382 e. The third kappa shape index (κ3) is 4.82. The van der Waals surface area contributed by atoms with Crippen LogP contribution in [0, 0.1) is 0 Å². The number of nitrogens with one attached hydrogen (secondary N) is 1. The zero-order valence-electron chi connectivity index (χ0n) is 16.9. The number of benzene rings is 2. The van der Waals surface area contributed by atoms with E-state index in [1.54, 1.807) is 42.3 Å². The molecule has 0 saturated heterocycles. The molecule has 0 atom stereocenters. The maximum absolute atomic E-state index is 11.2. The summed E-state index contributed by atoms with van der Waals surface area (Å²) in [7, 11) is 1.64. The predicted octanol–water partition coefficient (Wildman–Crippen LogP) is 2.22. The molecule has 0 aliphatic heterocycles. The molecule has 4 aromatic rings. The summed E-state index contributed by atoms with van der Waals surface area (Å²) in [5.41, 5.74) is 9.36. The van der Waals surface area contributed by atoms with E-state index in [1.807, 2.05) is 24.3 Å². The number of methoxy groups -OCH3 is 1. The Balaban J connectivity index is 1.56. The molecular formula is C21H21N7O3. The van der Waals surface area contributed by atoms with E-state index in [-0.39, 0.29) is 0 Å². The number of carbonyl (C=O) groups is 1. The van der Waals surface area contributed by atoms with Crippen LogP contribution in [0.3, 0.4) is 0 Å². The normalized spacial score (nSPS) is 11.0. The van der Waals surface area contributed by atoms with E-state index in [0.717, 1.165) is 16.9 Å². The highest BCUT2D eigenvalue weighted by Gasteiger charge is 2.11. The summed E-state index contributed by atoms with van der Waals surface area (Å²) in [6.45, 7) is 1.54. The topological polar surface area (TPSA) is 130 Å². The van der Waals surface area contributed by atoms with Gasteiger partial charge in [0.2, 0.25) is 11.9 Å². The fraction of sp³-hybridized carbons (Fsp3) is 0.190. The van der Waals surface area contributed by atoms with Crippen LogP contribution in [0.1, 0.15) is 15.9 Å². The Bertz CT molecular complexity index is 1190. The zero-order chi connectivity index (χ0) is 21.6. The van der Waals surface area contributed by atoms with E-state index >= 15 is 0 Å². The predicted molar refractivity (Wildman–Crippen MR) is 114 cm³/mol. The molecule has 10 nitrogen and oxygen atoms in total. The van der Waals surface area contributed by atoms with Crippen LogP contribution >= 0.6 is 0 Å². The SMILES string of the molecule is COCCOCc1cccc(-n2nnc3cnc(Nc4ccc(C(N)=O)cc4)nc32)c1. The first kappa shape index (κ1) is 20.4. The second-order valence-electron chi connectivity index (χ2n) is 6.69. The summed E-state index contributed by atoms with van der Waals surface area (Å²) in [5, 5.41) is 11.5. The summed E-state index contributed by atoms with van der Waals surface area (Å²) in [6, 6.07) is 14.5. The number of anilines is 2. The van der Waals surface area contributed by atoms with Crippen LogP contribution in [0.15, 0.2) is 54.7 Å². The summed E-state index contributed by atoms with van der Waals surface area (Å²) >= 11 is 0. The molecule has 2 aromatic carbocycles. The number of fused-ring (bicyclic) bond motifs is 1. The van der Waals surface area contributed by atoms with Gasteiger partial charge in [0, 0.05) is 18.4 Å². The van der Waals surface area contributed by atoms with Gasteiger partial charge in [-0.3, -0.25) is 4.79 Å². The van der Waals surface area contributed by atoms with E-state index in [4.69, 9.17) is 15.2 Å². The Morgan fingerprint density at radius 3 is 2.77 bits per heavy atom. The number of nitrogens with two attached hydrogens (primary N) is 1. The lowest BCUT2D eigenvalue weighted by Crippen LogP contribution is -2.10. The highest BCUT2D eigenvalue weighted by molar-refractivity contribution is 5.93. The minimum absolute atomic E-state index is 0.377. The van der Waals surface area contributed by atoms with Gasteiger partial charge in [-0.2, -0.15) is 9.67 Å². The lowest BCUT2D eigenvalue weighted by Gasteiger charge is -2.08. The number of amides is 1. The van der Waals surface area contributed by atoms with Crippen molar-refractivity contribution in [1.29, 1.82) is 0 Å². The van der Waals surface area contributed by atoms with Crippen molar-refractivity contribution in [3.05, 3.63) is 65.9 Å². The molecule has 10 heteroatoms. The summed E-state index contributed by atoms with van der Waals surface area (Å²) in [4.78, 5) is 20.1. The van der Waals surface area contributed by atoms with E-state index in [1.165, 1.54) is 0 Å². The molecule has 0 aliphatic carbocycles. The van der Waals surface area contributed by atoms with Crippen LogP contribution in [-0.4, -0.2) is 51.2 Å². The lowest BCUT2D eigenvalue weighted by molar-refractivity contribution is 0.0616. The van der Waals surface area contributed by atoms with Gasteiger partial charge in [-0.15, -0.1) is 5.10 Å². The molecule has 2 aromatic heterocycles. The first-order valence-corrected chi connectivity index (χ1v) is 9.55. The van der Waals surface area contributed by atoms with Gasteiger partial charge in [-0.05, 0) is 42.0 Å². The van der Waals surface area contributed by atoms with Crippen molar-refractivity contribution in [1.82, 2.24) is 25.0 Å². The molecule has 0 radical (unpaired) electrons. The van der Waals surface area contributed by atoms with Crippen molar-refractivity contribution in [2.75, 3.05) is 25.6 Å². The van der Waals surface area contributed by atoms with Crippen LogP contribution < -0.4 is 11.1 Å². The maximum atomic E-state index is 11.2. The van der Waals surface area contributed by atoms with Crippen LogP contribution in [-0.2, 0) is 16.1 Å². The third-order valence-electron chi connectivity index (χ3n) is 4.47. The molecule has 0 bridgehead atoms. The molecule has 0 saturated carbocycles. The third-order valence-corrected chi connectivity index (χ3v) is 4.47. The van der Waals surface area contributed by atoms with Gasteiger partial charge in [0.25, 0.3) is 0 Å². The molecule has 1 amide bonds. The van der Waals surface area contributed by atoms with Crippen molar-refractivity contribution >= 4 is 28.7 Å². The fourth-order valence-electron chi connectivity index (χ4n) is 2.92. The van der Waals surface area contributed by atoms with E-state index in [0.29, 0.717) is 42.5 Å². The molecule has 3 N–H and O–H groups in total. The summed E-state index contributed by atoms with van der Waals surface area (Å²) in [5.74, 6) is -0.104. The zero-order valence-corrected chi connectivity index (χ0v) is 16.9. The van der Waals surface area contributed by atoms with Gasteiger partial charge >= 0.3 is 0 Å². The van der Waals surface area contributed by atoms with Gasteiger partial charge in [-0.25, -0.2) is 4.98 Å². The molecule has 158 valence electrons. The standard InChI is InChI=1S/C21H21N7O3/c1-30-9-10-31-13-14-3-2-4-17(11-14)28-20-18(26-27-28)12-23-21(25-20)24-16-7-5-15(6-8-16)19(22)29/h2-8,11-12H,9-10,13H2,1H3,(H2,22,29)(H,23,24,25). The van der Waals surface area contributed by atoms with Gasteiger partial charge in [0.1, 0.15) is 0 Å². The number of aromatic nitrogens is 5. The van der Waals surface area contributed by atoms with Crippen LogP contribution in [0.2, 0.25) is 0 Å². The van der Waals surface area contributed by atoms with Gasteiger partial charge in [-0.1, -0.05) is 17.3 Å². The molecular weight excluding hydrogens is 398 g/mol. The molecule has 0 spiro atoms. The quantitative estimate of drug-likeness (QED) is 0.395. The highest BCUT2D eigenvalue weighted by atomic mass is 16.5. The molecule has 31 heavy (non-hydrogen) atoms. The number of hydrogen-bond acceptors (Lipinski definition) is 8. The number of primary amides is 1. The number of hydrogen-bond donors (Lipinski definition) is 2. The molecule has 4 rings (SSSR count). The van der Waals surface area contributed by atoms with Gasteiger partial charge in [0.15, 0.2) is 11.2 Å². The molecule has 0 fully saturated rings. The number of ether oxygens (including phenoxy) is 2. The van der Waals surface area contributed by atoms with Crippen molar-refractivity contribution < 1.29 is 14.3 Å². The average molecular weight is 419 g/mol. The Morgan fingerprint density at radius 1 is 1.16 bits per heavy atom. The smallest absolute Gasteiger partial charge is 0.248 e. The van der Waals surface area contributed by atoms with Crippen molar-refractivity contribution in [3.63, 3.8) is 0 Å². The largest absolute Gasteiger partial charge is 0.382 e. The summed E-state index contributed by atoms with van der Waals surface area (Å²) in [6.07, 6.45) is 1.60. The number of carbonyl (C=O) groups excluding carboxylic acids is 1. The monoisotopic (exact) mass is 419 g/mol. The molecule has 0 unspecified atom stereocenters. The lowest BCUT2D eigenvalue weighted by atomic mass is 10.2. The molecule has 0 aliphatic rings. The first-order chi connectivity index (χ1) is 15.1. The first-order valence-electron chi connectivity index (χ1n) is 9.55. The second kappa shape index (κ2) is 9.28. The van der Waals surface area contributed by atoms with E-state index in [2.05, 4.69) is 25.6 Å². The van der Waals surface area contributed by atoms with Gasteiger partial charge in [0.05, 0.1) is 31.7 Å². The Hall–Kier alpha value is -3.89. The second-order valence-corrected chi connectivity index (χ2v) is 6.69. The van der Waals surface area contributed by atoms with Crippen molar-refractivity contribution in [2.24, 2.45) is 5.73 Å². The summed E-state index contributed by atoms with van der Waals surface area (Å²) < 4.78 is 12.2. The minimum atomic E-state index is -0.481. The maximum Gasteiger partial charge on any atom is 0.248 e. The van der Waals surface area contributed by atoms with Crippen LogP contribution in [0.5, 0.6) is 0 Å². The Kier molecular flexibility index (Phi) is 6.11. The Labute approximate surface area is 178 Å². The van der Waals surface area contributed by atoms with Crippen LogP contribution in [0.4, 0.5) is 11.6 Å². The highest BCUT2D eigenvalue weighted by Crippen LogP contribution is 2.19. The van der Waals surface area contributed by atoms with Crippen molar-refractivity contribution in [3.8, 4) is 5.69 Å². The average Bonchev–Trinajstić information content (AvgIpc) is 3.21. The number of nitrogens with zero attached hydrogens (tertiary/aromatic N) is 5. The fourth-order valence-corrected chi connectivity index (χ4v) is 2.92. The number of rotatable bonds is 9.